The van der Waals surface area contributed by atoms with Crippen molar-refractivity contribution in [2.45, 2.75) is 55.3 Å². The highest BCUT2D eigenvalue weighted by molar-refractivity contribution is 14.1. The molecule has 214 valence electrons. The van der Waals surface area contributed by atoms with Crippen LogP contribution < -0.4 is 16.0 Å². The van der Waals surface area contributed by atoms with Crippen LogP contribution in [0.25, 0.3) is 10.9 Å². The molecule has 1 heterocycles. The molecule has 0 unspecified atom stereocenters. The second-order valence-electron chi connectivity index (χ2n) is 10.1. The predicted octanol–water partition coefficient (Wildman–Crippen LogP) is 3.09. The average Bonchev–Trinajstić information content (AvgIpc) is 3.30. The van der Waals surface area contributed by atoms with Crippen LogP contribution in [0.3, 0.4) is 0 Å². The number of carbonyl (C=O) groups is 4. The third kappa shape index (κ3) is 8.86. The smallest absolute Gasteiger partial charge is 0.408 e. The number of halogens is 1. The SMILES string of the molecule is COC(=O)[C@H](Cc1c[nH]c2ccccc12)NC(=O)[C@H](I)NC(=O)[C@H](Cc1ccc(O)cc1)NC(=O)OC(C)(C)C. The number of fused-ring (bicyclic) bond motifs is 1. The standard InChI is InChI=1S/C28H33IN4O7/c1-28(2,3)40-27(38)32-21(13-16-9-11-18(34)12-10-16)24(35)33-23(29)25(36)31-22(26(37)39-4)14-17-15-30-20-8-6-5-7-19(17)20/h5-12,15,21-23,30,34H,13-14H2,1-4H3,(H,31,36)(H,32,38)(H,33,35)/t21-,22-,23+/m0/s1. The van der Waals surface area contributed by atoms with Crippen LogP contribution in [0.5, 0.6) is 5.75 Å². The maximum Gasteiger partial charge on any atom is 0.408 e. The number of aromatic hydroxyl groups is 1. The van der Waals surface area contributed by atoms with Gasteiger partial charge in [-0.15, -0.1) is 0 Å². The fourth-order valence-electron chi connectivity index (χ4n) is 3.92. The van der Waals surface area contributed by atoms with Crippen molar-refractivity contribution in [2.24, 2.45) is 0 Å². The van der Waals surface area contributed by atoms with E-state index in [0.29, 0.717) is 5.56 Å². The van der Waals surface area contributed by atoms with E-state index in [1.54, 1.807) is 61.7 Å². The number of alkyl halides is 1. The number of phenols is 1. The van der Waals surface area contributed by atoms with Crippen molar-refractivity contribution in [3.05, 3.63) is 65.9 Å². The van der Waals surface area contributed by atoms with Gasteiger partial charge in [-0.25, -0.2) is 9.59 Å². The van der Waals surface area contributed by atoms with E-state index in [9.17, 15) is 24.3 Å². The highest BCUT2D eigenvalue weighted by Crippen LogP contribution is 2.20. The number of carbonyl (C=O) groups excluding carboxylic acids is 4. The van der Waals surface area contributed by atoms with Gasteiger partial charge in [0.05, 0.1) is 7.11 Å². The Hall–Kier alpha value is -3.81. The zero-order valence-corrected chi connectivity index (χ0v) is 24.8. The van der Waals surface area contributed by atoms with E-state index in [4.69, 9.17) is 9.47 Å². The van der Waals surface area contributed by atoms with Crippen molar-refractivity contribution in [3.63, 3.8) is 0 Å². The summed E-state index contributed by atoms with van der Waals surface area (Å²) in [5, 5.41) is 18.3. The summed E-state index contributed by atoms with van der Waals surface area (Å²) in [5.41, 5.74) is 1.58. The Balaban J connectivity index is 1.70. The number of phenolic OH excluding ortho intramolecular Hbond substituents is 1. The van der Waals surface area contributed by atoms with Crippen LogP contribution in [0.2, 0.25) is 0 Å². The molecule has 0 spiro atoms. The minimum Gasteiger partial charge on any atom is -0.508 e. The summed E-state index contributed by atoms with van der Waals surface area (Å²) < 4.78 is 9.11. The van der Waals surface area contributed by atoms with E-state index in [1.165, 1.54) is 19.2 Å². The molecule has 0 aliphatic rings. The molecule has 0 aliphatic carbocycles. The Morgan fingerprint density at radius 1 is 0.925 bits per heavy atom. The zero-order chi connectivity index (χ0) is 29.4. The summed E-state index contributed by atoms with van der Waals surface area (Å²) in [6.07, 6.45) is 1.21. The van der Waals surface area contributed by atoms with Gasteiger partial charge in [0, 0.05) is 29.9 Å². The molecule has 11 nitrogen and oxygen atoms in total. The predicted molar refractivity (Wildman–Crippen MR) is 157 cm³/mol. The van der Waals surface area contributed by atoms with Crippen LogP contribution in [0, 0.1) is 0 Å². The number of benzene rings is 2. The molecule has 3 rings (SSSR count). The lowest BCUT2D eigenvalue weighted by atomic mass is 10.0. The van der Waals surface area contributed by atoms with Gasteiger partial charge in [0.2, 0.25) is 5.91 Å². The number of methoxy groups -OCH3 is 1. The maximum absolute atomic E-state index is 13.2. The number of nitrogens with one attached hydrogen (secondary N) is 4. The van der Waals surface area contributed by atoms with Gasteiger partial charge >= 0.3 is 12.1 Å². The summed E-state index contributed by atoms with van der Waals surface area (Å²) in [6.45, 7) is 5.09. The van der Waals surface area contributed by atoms with Gasteiger partial charge in [-0.05, 0) is 72.7 Å². The van der Waals surface area contributed by atoms with E-state index < -0.39 is 45.6 Å². The molecule has 3 aromatic rings. The topological polar surface area (TPSA) is 159 Å². The summed E-state index contributed by atoms with van der Waals surface area (Å²) in [4.78, 5) is 54.3. The normalized spacial score (nSPS) is 13.5. The lowest BCUT2D eigenvalue weighted by molar-refractivity contribution is -0.145. The number of aromatic nitrogens is 1. The summed E-state index contributed by atoms with van der Waals surface area (Å²) in [5.74, 6) is -1.84. The van der Waals surface area contributed by atoms with Crippen molar-refractivity contribution >= 4 is 57.4 Å². The first-order valence-electron chi connectivity index (χ1n) is 12.5. The summed E-state index contributed by atoms with van der Waals surface area (Å²) in [6, 6.07) is 11.6. The van der Waals surface area contributed by atoms with Crippen molar-refractivity contribution in [3.8, 4) is 5.75 Å². The van der Waals surface area contributed by atoms with Crippen LogP contribution in [-0.2, 0) is 36.7 Å². The summed E-state index contributed by atoms with van der Waals surface area (Å²) in [7, 11) is 1.23. The quantitative estimate of drug-likeness (QED) is 0.0965. The van der Waals surface area contributed by atoms with Crippen LogP contribution in [0.4, 0.5) is 4.79 Å². The molecule has 3 amide bonds. The van der Waals surface area contributed by atoms with Gasteiger partial charge in [-0.3, -0.25) is 9.59 Å². The maximum atomic E-state index is 13.2. The van der Waals surface area contributed by atoms with E-state index in [0.717, 1.165) is 16.5 Å². The van der Waals surface area contributed by atoms with Crippen LogP contribution in [0.15, 0.2) is 54.7 Å². The average molecular weight is 664 g/mol. The van der Waals surface area contributed by atoms with Crippen molar-refractivity contribution in [1.29, 1.82) is 0 Å². The molecule has 0 fully saturated rings. The number of ether oxygens (including phenoxy) is 2. The molecule has 1 aromatic heterocycles. The van der Waals surface area contributed by atoms with E-state index >= 15 is 0 Å². The number of H-pyrrole nitrogens is 1. The molecule has 0 aliphatic heterocycles. The van der Waals surface area contributed by atoms with Crippen molar-refractivity contribution < 1.29 is 33.8 Å². The number of aromatic amines is 1. The molecule has 2 aromatic carbocycles. The number of hydrogen-bond donors (Lipinski definition) is 5. The van der Waals surface area contributed by atoms with Gasteiger partial charge < -0.3 is 35.5 Å². The Kier molecular flexibility index (Phi) is 10.4. The van der Waals surface area contributed by atoms with Gasteiger partial charge in [0.1, 0.15) is 23.4 Å². The minimum atomic E-state index is -1.09. The summed E-state index contributed by atoms with van der Waals surface area (Å²) >= 11 is 1.74. The first-order chi connectivity index (χ1) is 18.9. The zero-order valence-electron chi connectivity index (χ0n) is 22.6. The third-order valence-corrected chi connectivity index (χ3v) is 6.66. The number of esters is 1. The minimum absolute atomic E-state index is 0.0571. The molecule has 12 heteroatoms. The largest absolute Gasteiger partial charge is 0.508 e. The Morgan fingerprint density at radius 2 is 1.60 bits per heavy atom. The van der Waals surface area contributed by atoms with Crippen molar-refractivity contribution in [1.82, 2.24) is 20.9 Å². The van der Waals surface area contributed by atoms with Crippen LogP contribution in [0.1, 0.15) is 31.9 Å². The number of para-hydroxylation sites is 1. The second-order valence-corrected chi connectivity index (χ2v) is 11.3. The van der Waals surface area contributed by atoms with Crippen LogP contribution >= 0.6 is 22.6 Å². The lowest BCUT2D eigenvalue weighted by Crippen LogP contribution is -2.55. The second kappa shape index (κ2) is 13.5. The van der Waals surface area contributed by atoms with Gasteiger partial charge in [-0.1, -0.05) is 30.3 Å². The van der Waals surface area contributed by atoms with Gasteiger partial charge in [-0.2, -0.15) is 0 Å². The molecule has 40 heavy (non-hydrogen) atoms. The first-order valence-corrected chi connectivity index (χ1v) is 13.8. The van der Waals surface area contributed by atoms with E-state index in [-0.39, 0.29) is 18.6 Å². The van der Waals surface area contributed by atoms with Gasteiger partial charge in [0.15, 0.2) is 4.05 Å². The van der Waals surface area contributed by atoms with E-state index in [1.807, 2.05) is 24.3 Å². The number of hydrogen-bond acceptors (Lipinski definition) is 7. The Labute approximate surface area is 245 Å². The highest BCUT2D eigenvalue weighted by Gasteiger charge is 2.30. The van der Waals surface area contributed by atoms with Crippen LogP contribution in [-0.4, -0.2) is 62.8 Å². The number of rotatable bonds is 10. The first kappa shape index (κ1) is 30.7. The van der Waals surface area contributed by atoms with Crippen molar-refractivity contribution in [2.75, 3.05) is 7.11 Å². The number of alkyl carbamates (subject to hydrolysis) is 1. The molecule has 0 saturated heterocycles. The molecular formula is C28H33IN4O7. The number of amides is 3. The fourth-order valence-corrected chi connectivity index (χ4v) is 4.41. The molecule has 0 bridgehead atoms. The lowest BCUT2D eigenvalue weighted by Gasteiger charge is -2.24. The molecule has 0 saturated carbocycles. The van der Waals surface area contributed by atoms with E-state index in [2.05, 4.69) is 20.9 Å². The third-order valence-electron chi connectivity index (χ3n) is 5.78. The molecular weight excluding hydrogens is 631 g/mol. The Bertz CT molecular complexity index is 1350. The monoisotopic (exact) mass is 664 g/mol. The molecule has 0 radical (unpaired) electrons. The molecule has 5 N–H and O–H groups in total. The Morgan fingerprint density at radius 3 is 2.25 bits per heavy atom. The molecule has 3 atom stereocenters. The highest BCUT2D eigenvalue weighted by atomic mass is 127. The van der Waals surface area contributed by atoms with Gasteiger partial charge in [0.25, 0.3) is 5.91 Å². The fraction of sp³-hybridized carbons (Fsp3) is 0.357.